The lowest BCUT2D eigenvalue weighted by molar-refractivity contribution is -0.384. The minimum Gasteiger partial charge on any atom is -0.376 e. The Kier molecular flexibility index (Phi) is 4.68. The summed E-state index contributed by atoms with van der Waals surface area (Å²) in [6, 6.07) is 1.52. The van der Waals surface area contributed by atoms with Gasteiger partial charge in [-0.25, -0.2) is 4.98 Å². The zero-order chi connectivity index (χ0) is 13.7. The molecule has 104 valence electrons. The molecule has 0 amide bonds. The van der Waals surface area contributed by atoms with E-state index in [0.29, 0.717) is 25.1 Å². The highest BCUT2D eigenvalue weighted by atomic mass is 16.6. The van der Waals surface area contributed by atoms with E-state index in [-0.39, 0.29) is 5.69 Å². The van der Waals surface area contributed by atoms with E-state index < -0.39 is 4.92 Å². The second-order valence-corrected chi connectivity index (χ2v) is 4.84. The maximum absolute atomic E-state index is 10.9. The number of hydrogen-bond acceptors (Lipinski definition) is 5. The van der Waals surface area contributed by atoms with Gasteiger partial charge in [0.1, 0.15) is 0 Å². The maximum Gasteiger partial charge on any atom is 0.311 e. The molecule has 0 aromatic carbocycles. The standard InChI is InChI=1S/C13H19N3O3/c1-10-8-12(16(17)18)13(15-9-10)14-6-7-19-11-4-2-3-5-11/h8-9,11H,2-7H2,1H3,(H,14,15). The molecule has 0 bridgehead atoms. The largest absolute Gasteiger partial charge is 0.376 e. The molecule has 2 rings (SSSR count). The summed E-state index contributed by atoms with van der Waals surface area (Å²) in [5, 5.41) is 13.9. The van der Waals surface area contributed by atoms with E-state index in [1.165, 1.54) is 18.9 Å². The van der Waals surface area contributed by atoms with Gasteiger partial charge in [0.25, 0.3) is 0 Å². The van der Waals surface area contributed by atoms with Gasteiger partial charge in [0, 0.05) is 18.8 Å². The van der Waals surface area contributed by atoms with Crippen molar-refractivity contribution in [3.63, 3.8) is 0 Å². The van der Waals surface area contributed by atoms with Crippen LogP contribution in [-0.4, -0.2) is 29.2 Å². The van der Waals surface area contributed by atoms with Crippen molar-refractivity contribution in [1.82, 2.24) is 4.98 Å². The highest BCUT2D eigenvalue weighted by molar-refractivity contribution is 5.56. The van der Waals surface area contributed by atoms with Crippen molar-refractivity contribution in [2.45, 2.75) is 38.7 Å². The van der Waals surface area contributed by atoms with Gasteiger partial charge in [0.15, 0.2) is 0 Å². The monoisotopic (exact) mass is 265 g/mol. The van der Waals surface area contributed by atoms with Crippen LogP contribution in [0.1, 0.15) is 31.2 Å². The molecule has 1 aliphatic carbocycles. The summed E-state index contributed by atoms with van der Waals surface area (Å²) in [6.07, 6.45) is 6.72. The van der Waals surface area contributed by atoms with Crippen LogP contribution in [0.4, 0.5) is 11.5 Å². The van der Waals surface area contributed by atoms with Crippen LogP contribution in [0.3, 0.4) is 0 Å². The van der Waals surface area contributed by atoms with Crippen LogP contribution in [0, 0.1) is 17.0 Å². The summed E-state index contributed by atoms with van der Waals surface area (Å²) in [6.45, 7) is 2.87. The lowest BCUT2D eigenvalue weighted by atomic mass is 10.3. The van der Waals surface area contributed by atoms with Crippen LogP contribution >= 0.6 is 0 Å². The quantitative estimate of drug-likeness (QED) is 0.486. The first kappa shape index (κ1) is 13.7. The van der Waals surface area contributed by atoms with Crippen molar-refractivity contribution < 1.29 is 9.66 Å². The second kappa shape index (κ2) is 6.47. The molecule has 1 aliphatic rings. The van der Waals surface area contributed by atoms with Gasteiger partial charge in [0.2, 0.25) is 5.82 Å². The Bertz CT molecular complexity index is 445. The third-order valence-electron chi connectivity index (χ3n) is 3.25. The fourth-order valence-corrected chi connectivity index (χ4v) is 2.28. The lowest BCUT2D eigenvalue weighted by Gasteiger charge is -2.11. The zero-order valence-electron chi connectivity index (χ0n) is 11.1. The molecule has 1 aromatic heterocycles. The predicted molar refractivity (Wildman–Crippen MR) is 72.3 cm³/mol. The topological polar surface area (TPSA) is 77.3 Å². The molecule has 1 aromatic rings. The number of nitro groups is 1. The normalized spacial score (nSPS) is 15.6. The van der Waals surface area contributed by atoms with Crippen LogP contribution < -0.4 is 5.32 Å². The maximum atomic E-state index is 10.9. The average molecular weight is 265 g/mol. The molecule has 0 unspecified atom stereocenters. The summed E-state index contributed by atoms with van der Waals surface area (Å²) < 4.78 is 5.69. The van der Waals surface area contributed by atoms with Gasteiger partial charge in [-0.2, -0.15) is 0 Å². The Morgan fingerprint density at radius 2 is 2.26 bits per heavy atom. The van der Waals surface area contributed by atoms with Crippen molar-refractivity contribution in [3.05, 3.63) is 27.9 Å². The smallest absolute Gasteiger partial charge is 0.311 e. The number of nitrogens with one attached hydrogen (secondary N) is 1. The molecule has 1 N–H and O–H groups in total. The number of anilines is 1. The molecule has 0 spiro atoms. The van der Waals surface area contributed by atoms with Crippen molar-refractivity contribution in [2.24, 2.45) is 0 Å². The molecule has 0 saturated heterocycles. The summed E-state index contributed by atoms with van der Waals surface area (Å²) in [4.78, 5) is 14.6. The molecule has 0 radical (unpaired) electrons. The number of rotatable bonds is 6. The molecular formula is C13H19N3O3. The SMILES string of the molecule is Cc1cnc(NCCOC2CCCC2)c([N+](=O)[O-])c1. The molecule has 6 heteroatoms. The van der Waals surface area contributed by atoms with E-state index in [1.807, 2.05) is 0 Å². The number of aromatic nitrogens is 1. The van der Waals surface area contributed by atoms with Crippen LogP contribution in [0.15, 0.2) is 12.3 Å². The summed E-state index contributed by atoms with van der Waals surface area (Å²) in [5.74, 6) is 0.311. The van der Waals surface area contributed by atoms with Crippen molar-refractivity contribution in [3.8, 4) is 0 Å². The lowest BCUT2D eigenvalue weighted by Crippen LogP contribution is -2.16. The van der Waals surface area contributed by atoms with E-state index in [4.69, 9.17) is 4.74 Å². The molecular weight excluding hydrogens is 246 g/mol. The van der Waals surface area contributed by atoms with E-state index in [0.717, 1.165) is 18.4 Å². The molecule has 19 heavy (non-hydrogen) atoms. The van der Waals surface area contributed by atoms with Gasteiger partial charge >= 0.3 is 5.69 Å². The molecule has 0 aliphatic heterocycles. The van der Waals surface area contributed by atoms with Crippen LogP contribution in [0.25, 0.3) is 0 Å². The zero-order valence-corrected chi connectivity index (χ0v) is 11.1. The van der Waals surface area contributed by atoms with E-state index in [9.17, 15) is 10.1 Å². The Labute approximate surface area is 112 Å². The average Bonchev–Trinajstić information content (AvgIpc) is 2.89. The Morgan fingerprint density at radius 1 is 1.53 bits per heavy atom. The molecule has 6 nitrogen and oxygen atoms in total. The third kappa shape index (κ3) is 3.89. The fourth-order valence-electron chi connectivity index (χ4n) is 2.28. The van der Waals surface area contributed by atoms with Crippen molar-refractivity contribution >= 4 is 11.5 Å². The Hall–Kier alpha value is -1.69. The first-order valence-electron chi connectivity index (χ1n) is 6.63. The van der Waals surface area contributed by atoms with Gasteiger partial charge in [-0.15, -0.1) is 0 Å². The molecule has 1 saturated carbocycles. The third-order valence-corrected chi connectivity index (χ3v) is 3.25. The van der Waals surface area contributed by atoms with Gasteiger partial charge in [-0.3, -0.25) is 10.1 Å². The predicted octanol–water partition coefficient (Wildman–Crippen LogP) is 2.67. The molecule has 1 heterocycles. The number of pyridine rings is 1. The Balaban J connectivity index is 1.83. The highest BCUT2D eigenvalue weighted by Gasteiger charge is 2.16. The van der Waals surface area contributed by atoms with E-state index in [1.54, 1.807) is 13.1 Å². The number of nitrogens with zero attached hydrogens (tertiary/aromatic N) is 2. The van der Waals surface area contributed by atoms with E-state index in [2.05, 4.69) is 10.3 Å². The summed E-state index contributed by atoms with van der Waals surface area (Å²) in [7, 11) is 0. The first-order chi connectivity index (χ1) is 9.16. The van der Waals surface area contributed by atoms with Gasteiger partial charge in [0.05, 0.1) is 17.6 Å². The first-order valence-corrected chi connectivity index (χ1v) is 6.63. The number of ether oxygens (including phenoxy) is 1. The van der Waals surface area contributed by atoms with Gasteiger partial charge in [-0.1, -0.05) is 12.8 Å². The second-order valence-electron chi connectivity index (χ2n) is 4.84. The van der Waals surface area contributed by atoms with Crippen molar-refractivity contribution in [2.75, 3.05) is 18.5 Å². The van der Waals surface area contributed by atoms with Crippen molar-refractivity contribution in [1.29, 1.82) is 0 Å². The summed E-state index contributed by atoms with van der Waals surface area (Å²) in [5.41, 5.74) is 0.792. The van der Waals surface area contributed by atoms with Crippen LogP contribution in [-0.2, 0) is 4.74 Å². The minimum absolute atomic E-state index is 0.0147. The van der Waals surface area contributed by atoms with Gasteiger partial charge in [-0.05, 0) is 25.3 Å². The molecule has 1 fully saturated rings. The van der Waals surface area contributed by atoms with Crippen LogP contribution in [0.2, 0.25) is 0 Å². The summed E-state index contributed by atoms with van der Waals surface area (Å²) >= 11 is 0. The van der Waals surface area contributed by atoms with E-state index >= 15 is 0 Å². The number of aryl methyl sites for hydroxylation is 1. The number of hydrogen-bond donors (Lipinski definition) is 1. The highest BCUT2D eigenvalue weighted by Crippen LogP contribution is 2.23. The Morgan fingerprint density at radius 3 is 2.95 bits per heavy atom. The fraction of sp³-hybridized carbons (Fsp3) is 0.615. The van der Waals surface area contributed by atoms with Gasteiger partial charge < -0.3 is 10.1 Å². The molecule has 0 atom stereocenters. The minimum atomic E-state index is -0.417. The van der Waals surface area contributed by atoms with Crippen LogP contribution in [0.5, 0.6) is 0 Å².